The normalized spacial score (nSPS) is 11.2. The Bertz CT molecular complexity index is 644. The van der Waals surface area contributed by atoms with E-state index in [9.17, 15) is 10.2 Å². The van der Waals surface area contributed by atoms with E-state index in [0.29, 0.717) is 21.1 Å². The SMILES string of the molecule is CCn1c(O)c(C=Nc2cccc(O)c2)sc1=S. The van der Waals surface area contributed by atoms with Crippen LogP contribution in [0.15, 0.2) is 29.3 Å². The third kappa shape index (κ3) is 2.60. The van der Waals surface area contributed by atoms with Crippen LogP contribution in [0, 0.1) is 3.95 Å². The lowest BCUT2D eigenvalue weighted by molar-refractivity contribution is 0.419. The monoisotopic (exact) mass is 280 g/mol. The largest absolute Gasteiger partial charge is 0.508 e. The fourth-order valence-corrected chi connectivity index (χ4v) is 2.79. The molecule has 0 unspecified atom stereocenters. The maximum Gasteiger partial charge on any atom is 0.212 e. The van der Waals surface area contributed by atoms with Crippen molar-refractivity contribution in [3.8, 4) is 11.6 Å². The minimum Gasteiger partial charge on any atom is -0.508 e. The summed E-state index contributed by atoms with van der Waals surface area (Å²) in [5.74, 6) is 0.295. The van der Waals surface area contributed by atoms with E-state index in [0.717, 1.165) is 0 Å². The van der Waals surface area contributed by atoms with Gasteiger partial charge in [0.1, 0.15) is 10.6 Å². The van der Waals surface area contributed by atoms with Gasteiger partial charge in [0.2, 0.25) is 5.88 Å². The first-order valence-corrected chi connectivity index (χ1v) is 6.60. The molecule has 0 saturated heterocycles. The molecule has 0 spiro atoms. The molecule has 0 aliphatic rings. The van der Waals surface area contributed by atoms with Crippen molar-refractivity contribution in [2.24, 2.45) is 4.99 Å². The Morgan fingerprint density at radius 2 is 2.22 bits per heavy atom. The van der Waals surface area contributed by atoms with Gasteiger partial charge in [0.15, 0.2) is 3.95 Å². The minimum atomic E-state index is 0.136. The number of aliphatic imine (C=N–C) groups is 1. The number of rotatable bonds is 3. The Hall–Kier alpha value is -1.66. The Balaban J connectivity index is 2.32. The van der Waals surface area contributed by atoms with E-state index >= 15 is 0 Å². The predicted octanol–water partition coefficient (Wildman–Crippen LogP) is 3.46. The number of thiazole rings is 1. The molecule has 1 heterocycles. The van der Waals surface area contributed by atoms with Crippen molar-refractivity contribution in [1.82, 2.24) is 4.57 Å². The zero-order valence-corrected chi connectivity index (χ0v) is 11.3. The molecule has 0 bridgehead atoms. The fourth-order valence-electron chi connectivity index (χ4n) is 1.48. The number of phenols is 1. The molecule has 0 saturated carbocycles. The third-order valence-electron chi connectivity index (χ3n) is 2.37. The van der Waals surface area contributed by atoms with E-state index in [4.69, 9.17) is 12.2 Å². The van der Waals surface area contributed by atoms with E-state index in [1.807, 2.05) is 6.92 Å². The summed E-state index contributed by atoms with van der Waals surface area (Å²) >= 11 is 6.44. The lowest BCUT2D eigenvalue weighted by Crippen LogP contribution is -1.92. The van der Waals surface area contributed by atoms with E-state index in [1.165, 1.54) is 11.3 Å². The van der Waals surface area contributed by atoms with Crippen molar-refractivity contribution in [1.29, 1.82) is 0 Å². The molecular weight excluding hydrogens is 268 g/mol. The molecule has 0 amide bonds. The lowest BCUT2D eigenvalue weighted by Gasteiger charge is -1.98. The fraction of sp³-hybridized carbons (Fsp3) is 0.167. The van der Waals surface area contributed by atoms with Gasteiger partial charge in [0.05, 0.1) is 11.9 Å². The summed E-state index contributed by atoms with van der Waals surface area (Å²) in [5.41, 5.74) is 0.622. The number of phenolic OH excluding ortho intramolecular Hbond substituents is 1. The smallest absolute Gasteiger partial charge is 0.212 e. The van der Waals surface area contributed by atoms with Crippen molar-refractivity contribution < 1.29 is 10.2 Å². The van der Waals surface area contributed by atoms with Gasteiger partial charge in [0, 0.05) is 12.6 Å². The lowest BCUT2D eigenvalue weighted by atomic mass is 10.3. The first kappa shape index (κ1) is 12.8. The maximum absolute atomic E-state index is 9.91. The molecule has 1 aromatic heterocycles. The van der Waals surface area contributed by atoms with Crippen LogP contribution >= 0.6 is 23.6 Å². The molecule has 6 heteroatoms. The average molecular weight is 280 g/mol. The zero-order chi connectivity index (χ0) is 13.1. The number of nitrogens with zero attached hydrogens (tertiary/aromatic N) is 2. The van der Waals surface area contributed by atoms with Gasteiger partial charge in [-0.1, -0.05) is 17.4 Å². The highest BCUT2D eigenvalue weighted by molar-refractivity contribution is 7.73. The van der Waals surface area contributed by atoms with Crippen molar-refractivity contribution >= 4 is 35.5 Å². The van der Waals surface area contributed by atoms with Crippen LogP contribution in [-0.4, -0.2) is 21.0 Å². The maximum atomic E-state index is 9.91. The van der Waals surface area contributed by atoms with Gasteiger partial charge in [-0.25, -0.2) is 0 Å². The second-order valence-electron chi connectivity index (χ2n) is 3.58. The molecule has 0 aliphatic carbocycles. The van der Waals surface area contributed by atoms with E-state index in [-0.39, 0.29) is 11.6 Å². The summed E-state index contributed by atoms with van der Waals surface area (Å²) in [4.78, 5) is 4.81. The van der Waals surface area contributed by atoms with Crippen LogP contribution in [0.2, 0.25) is 0 Å². The van der Waals surface area contributed by atoms with Gasteiger partial charge in [0.25, 0.3) is 0 Å². The van der Waals surface area contributed by atoms with Gasteiger partial charge >= 0.3 is 0 Å². The average Bonchev–Trinajstić information content (AvgIpc) is 2.61. The summed E-state index contributed by atoms with van der Waals surface area (Å²) in [6.07, 6.45) is 1.55. The van der Waals surface area contributed by atoms with Crippen molar-refractivity contribution in [3.05, 3.63) is 33.1 Å². The number of aromatic hydroxyl groups is 2. The van der Waals surface area contributed by atoms with Crippen molar-refractivity contribution in [2.75, 3.05) is 0 Å². The van der Waals surface area contributed by atoms with Crippen LogP contribution in [0.4, 0.5) is 5.69 Å². The molecule has 0 aliphatic heterocycles. The first-order valence-electron chi connectivity index (χ1n) is 5.37. The molecule has 1 aromatic carbocycles. The molecular formula is C12H12N2O2S2. The minimum absolute atomic E-state index is 0.136. The highest BCUT2D eigenvalue weighted by atomic mass is 32.1. The molecule has 2 aromatic rings. The van der Waals surface area contributed by atoms with Gasteiger partial charge in [-0.3, -0.25) is 9.56 Å². The van der Waals surface area contributed by atoms with Crippen LogP contribution in [0.5, 0.6) is 11.6 Å². The third-order valence-corrected chi connectivity index (χ3v) is 3.74. The van der Waals surface area contributed by atoms with Gasteiger partial charge < -0.3 is 10.2 Å². The molecule has 0 fully saturated rings. The highest BCUT2D eigenvalue weighted by Crippen LogP contribution is 2.25. The summed E-state index contributed by atoms with van der Waals surface area (Å²) in [6, 6.07) is 6.60. The predicted molar refractivity (Wildman–Crippen MR) is 75.8 cm³/mol. The van der Waals surface area contributed by atoms with E-state index in [1.54, 1.807) is 35.0 Å². The first-order chi connectivity index (χ1) is 8.61. The van der Waals surface area contributed by atoms with Crippen LogP contribution in [0.3, 0.4) is 0 Å². The van der Waals surface area contributed by atoms with Crippen molar-refractivity contribution in [2.45, 2.75) is 13.5 Å². The van der Waals surface area contributed by atoms with Crippen molar-refractivity contribution in [3.63, 3.8) is 0 Å². The van der Waals surface area contributed by atoms with E-state index in [2.05, 4.69) is 4.99 Å². The molecule has 94 valence electrons. The number of benzene rings is 1. The summed E-state index contributed by atoms with van der Waals surface area (Å²) in [6.45, 7) is 2.54. The van der Waals surface area contributed by atoms with Crippen LogP contribution < -0.4 is 0 Å². The summed E-state index contributed by atoms with van der Waals surface area (Å²) in [7, 11) is 0. The van der Waals surface area contributed by atoms with Gasteiger partial charge in [-0.2, -0.15) is 0 Å². The topological polar surface area (TPSA) is 57.8 Å². The molecule has 18 heavy (non-hydrogen) atoms. The quantitative estimate of drug-likeness (QED) is 0.668. The summed E-state index contributed by atoms with van der Waals surface area (Å²) < 4.78 is 2.26. The molecule has 4 nitrogen and oxygen atoms in total. The zero-order valence-electron chi connectivity index (χ0n) is 9.70. The van der Waals surface area contributed by atoms with E-state index < -0.39 is 0 Å². The second kappa shape index (κ2) is 5.32. The standard InChI is InChI=1S/C12H12N2O2S2/c1-2-14-11(16)10(18-12(14)17)7-13-8-4-3-5-9(15)6-8/h3-7,15-16H,2H2,1H3. The van der Waals surface area contributed by atoms with Crippen LogP contribution in [-0.2, 0) is 6.54 Å². The Kier molecular flexibility index (Phi) is 3.78. The Labute approximate surface area is 113 Å². The summed E-state index contributed by atoms with van der Waals surface area (Å²) in [5, 5.41) is 19.2. The molecule has 0 atom stereocenters. The Morgan fingerprint density at radius 1 is 1.44 bits per heavy atom. The van der Waals surface area contributed by atoms with Crippen LogP contribution in [0.1, 0.15) is 11.8 Å². The van der Waals surface area contributed by atoms with Gasteiger partial charge in [-0.05, 0) is 31.3 Å². The van der Waals surface area contributed by atoms with Crippen LogP contribution in [0.25, 0.3) is 0 Å². The molecule has 2 N–H and O–H groups in total. The number of hydrogen-bond acceptors (Lipinski definition) is 5. The molecule has 0 radical (unpaired) electrons. The number of hydrogen-bond donors (Lipinski definition) is 2. The second-order valence-corrected chi connectivity index (χ2v) is 5.25. The Morgan fingerprint density at radius 3 is 2.83 bits per heavy atom. The highest BCUT2D eigenvalue weighted by Gasteiger charge is 2.08. The van der Waals surface area contributed by atoms with Gasteiger partial charge in [-0.15, -0.1) is 0 Å². The molecule has 2 rings (SSSR count). The number of aromatic nitrogens is 1.